The van der Waals surface area contributed by atoms with Crippen LogP contribution in [0.4, 0.5) is 10.5 Å². The zero-order chi connectivity index (χ0) is 12.0. The number of hydrogen-bond acceptors (Lipinski definition) is 3. The summed E-state index contributed by atoms with van der Waals surface area (Å²) < 4.78 is 0. The molecule has 0 bridgehead atoms. The van der Waals surface area contributed by atoms with Crippen molar-refractivity contribution in [3.8, 4) is 0 Å². The van der Waals surface area contributed by atoms with Crippen molar-refractivity contribution in [2.45, 2.75) is 24.2 Å². The quantitative estimate of drug-likeness (QED) is 0.466. The molecule has 1 rings (SSSR count). The van der Waals surface area contributed by atoms with E-state index in [9.17, 15) is 4.79 Å². The molecule has 5 heteroatoms. The van der Waals surface area contributed by atoms with Gasteiger partial charge < -0.3 is 16.8 Å². The van der Waals surface area contributed by atoms with Gasteiger partial charge in [-0.1, -0.05) is 0 Å². The third-order valence-electron chi connectivity index (χ3n) is 2.16. The van der Waals surface area contributed by atoms with Gasteiger partial charge in [-0.2, -0.15) is 0 Å². The lowest BCUT2D eigenvalue weighted by Crippen LogP contribution is -2.19. The highest BCUT2D eigenvalue weighted by molar-refractivity contribution is 7.80. The standard InChI is InChI=1S/C11H17N3OS/c12-4-2-1-3-8-5-9(14-11(13)15)7-10(16)6-8/h5-7,16H,1-4,12H2,(H3,13,14,15). The number of anilines is 1. The molecular formula is C11H17N3OS. The molecule has 0 heterocycles. The average Bonchev–Trinajstić information content (AvgIpc) is 2.16. The first-order valence-corrected chi connectivity index (χ1v) is 5.66. The fourth-order valence-corrected chi connectivity index (χ4v) is 1.81. The van der Waals surface area contributed by atoms with Gasteiger partial charge in [-0.3, -0.25) is 0 Å². The molecule has 0 saturated heterocycles. The molecule has 0 aliphatic carbocycles. The molecule has 4 nitrogen and oxygen atoms in total. The fraction of sp³-hybridized carbons (Fsp3) is 0.364. The SMILES string of the molecule is NCCCCc1cc(S)cc(NC(N)=O)c1. The number of hydrogen-bond donors (Lipinski definition) is 4. The first-order chi connectivity index (χ1) is 7.61. The molecular weight excluding hydrogens is 222 g/mol. The molecule has 0 saturated carbocycles. The summed E-state index contributed by atoms with van der Waals surface area (Å²) in [6.45, 7) is 0.701. The summed E-state index contributed by atoms with van der Waals surface area (Å²) in [5, 5.41) is 2.54. The van der Waals surface area contributed by atoms with E-state index in [2.05, 4.69) is 17.9 Å². The monoisotopic (exact) mass is 239 g/mol. The van der Waals surface area contributed by atoms with Gasteiger partial charge >= 0.3 is 6.03 Å². The van der Waals surface area contributed by atoms with Gasteiger partial charge in [0, 0.05) is 10.6 Å². The number of rotatable bonds is 5. The number of aryl methyl sites for hydroxylation is 1. The van der Waals surface area contributed by atoms with Gasteiger partial charge in [-0.05, 0) is 49.6 Å². The van der Waals surface area contributed by atoms with Crippen LogP contribution in [0, 0.1) is 0 Å². The number of thiol groups is 1. The Kier molecular flexibility index (Phi) is 5.14. The molecule has 16 heavy (non-hydrogen) atoms. The molecule has 88 valence electrons. The zero-order valence-corrected chi connectivity index (χ0v) is 9.97. The van der Waals surface area contributed by atoms with Crippen LogP contribution >= 0.6 is 12.6 Å². The summed E-state index contributed by atoms with van der Waals surface area (Å²) in [7, 11) is 0. The van der Waals surface area contributed by atoms with Crippen LogP contribution in [0.1, 0.15) is 18.4 Å². The first kappa shape index (κ1) is 12.9. The van der Waals surface area contributed by atoms with Gasteiger partial charge in [-0.15, -0.1) is 12.6 Å². The number of nitrogens with two attached hydrogens (primary N) is 2. The number of carbonyl (C=O) groups excluding carboxylic acids is 1. The molecule has 1 aromatic carbocycles. The van der Waals surface area contributed by atoms with Crippen molar-refractivity contribution in [2.75, 3.05) is 11.9 Å². The van der Waals surface area contributed by atoms with Crippen molar-refractivity contribution in [3.05, 3.63) is 23.8 Å². The molecule has 0 aliphatic heterocycles. The highest BCUT2D eigenvalue weighted by Gasteiger charge is 2.01. The van der Waals surface area contributed by atoms with Crippen molar-refractivity contribution >= 4 is 24.3 Å². The van der Waals surface area contributed by atoms with Crippen LogP contribution in [-0.4, -0.2) is 12.6 Å². The molecule has 0 aliphatic rings. The van der Waals surface area contributed by atoms with Crippen molar-refractivity contribution in [1.82, 2.24) is 0 Å². The minimum Gasteiger partial charge on any atom is -0.351 e. The van der Waals surface area contributed by atoms with Crippen LogP contribution in [0.3, 0.4) is 0 Å². The summed E-state index contributed by atoms with van der Waals surface area (Å²) in [6.07, 6.45) is 2.96. The maximum atomic E-state index is 10.7. The molecule has 0 unspecified atom stereocenters. The summed E-state index contributed by atoms with van der Waals surface area (Å²) in [6, 6.07) is 5.08. The van der Waals surface area contributed by atoms with Crippen LogP contribution in [0.5, 0.6) is 0 Å². The molecule has 0 fully saturated rings. The largest absolute Gasteiger partial charge is 0.351 e. The van der Waals surface area contributed by atoms with E-state index in [-0.39, 0.29) is 0 Å². The van der Waals surface area contributed by atoms with Gasteiger partial charge in [0.1, 0.15) is 0 Å². The van der Waals surface area contributed by atoms with E-state index < -0.39 is 6.03 Å². The Bertz CT molecular complexity index is 368. The minimum atomic E-state index is -0.563. The summed E-state index contributed by atoms with van der Waals surface area (Å²) in [4.78, 5) is 11.5. The molecule has 0 radical (unpaired) electrons. The van der Waals surface area contributed by atoms with E-state index in [4.69, 9.17) is 11.5 Å². The molecule has 1 aromatic rings. The number of primary amides is 1. The average molecular weight is 239 g/mol. The maximum Gasteiger partial charge on any atom is 0.316 e. The lowest BCUT2D eigenvalue weighted by Gasteiger charge is -2.07. The van der Waals surface area contributed by atoms with E-state index in [1.54, 1.807) is 6.07 Å². The van der Waals surface area contributed by atoms with Gasteiger partial charge in [-0.25, -0.2) is 4.79 Å². The minimum absolute atomic E-state index is 0.563. The van der Waals surface area contributed by atoms with E-state index in [1.165, 1.54) is 0 Å². The van der Waals surface area contributed by atoms with Crippen LogP contribution in [0.25, 0.3) is 0 Å². The van der Waals surface area contributed by atoms with Crippen LogP contribution in [-0.2, 0) is 6.42 Å². The van der Waals surface area contributed by atoms with E-state index >= 15 is 0 Å². The Hall–Kier alpha value is -1.20. The predicted octanol–water partition coefficient (Wildman–Crippen LogP) is 1.75. The highest BCUT2D eigenvalue weighted by Crippen LogP contribution is 2.19. The number of urea groups is 1. The van der Waals surface area contributed by atoms with E-state index in [1.807, 2.05) is 12.1 Å². The van der Waals surface area contributed by atoms with Crippen molar-refractivity contribution in [2.24, 2.45) is 11.5 Å². The Morgan fingerprint density at radius 1 is 1.31 bits per heavy atom. The van der Waals surface area contributed by atoms with Crippen LogP contribution < -0.4 is 16.8 Å². The second-order valence-corrected chi connectivity index (χ2v) is 4.14. The van der Waals surface area contributed by atoms with Gasteiger partial charge in [0.25, 0.3) is 0 Å². The number of amides is 2. The van der Waals surface area contributed by atoms with Crippen molar-refractivity contribution in [1.29, 1.82) is 0 Å². The number of carbonyl (C=O) groups is 1. The fourth-order valence-electron chi connectivity index (χ4n) is 1.51. The van der Waals surface area contributed by atoms with Gasteiger partial charge in [0.15, 0.2) is 0 Å². The third kappa shape index (κ3) is 4.55. The van der Waals surface area contributed by atoms with Crippen LogP contribution in [0.2, 0.25) is 0 Å². The highest BCUT2D eigenvalue weighted by atomic mass is 32.1. The maximum absolute atomic E-state index is 10.7. The third-order valence-corrected chi connectivity index (χ3v) is 2.42. The Labute approximate surface area is 101 Å². The molecule has 0 aromatic heterocycles. The smallest absolute Gasteiger partial charge is 0.316 e. The Balaban J connectivity index is 2.69. The summed E-state index contributed by atoms with van der Waals surface area (Å²) >= 11 is 4.27. The second-order valence-electron chi connectivity index (χ2n) is 3.62. The van der Waals surface area contributed by atoms with E-state index in [0.717, 1.165) is 29.7 Å². The molecule has 0 atom stereocenters. The lowest BCUT2D eigenvalue weighted by atomic mass is 10.1. The number of nitrogens with one attached hydrogen (secondary N) is 1. The van der Waals surface area contributed by atoms with Crippen molar-refractivity contribution < 1.29 is 4.79 Å². The number of unbranched alkanes of at least 4 members (excludes halogenated alkanes) is 1. The molecule has 2 amide bonds. The van der Waals surface area contributed by atoms with E-state index in [0.29, 0.717) is 12.2 Å². The predicted molar refractivity (Wildman–Crippen MR) is 68.9 cm³/mol. The summed E-state index contributed by atoms with van der Waals surface area (Å²) in [5.41, 5.74) is 12.3. The zero-order valence-electron chi connectivity index (χ0n) is 9.07. The first-order valence-electron chi connectivity index (χ1n) is 5.21. The van der Waals surface area contributed by atoms with Crippen molar-refractivity contribution in [3.63, 3.8) is 0 Å². The normalized spacial score (nSPS) is 10.1. The lowest BCUT2D eigenvalue weighted by molar-refractivity contribution is 0.259. The second kappa shape index (κ2) is 6.40. The van der Waals surface area contributed by atoms with Gasteiger partial charge in [0.05, 0.1) is 0 Å². The molecule has 5 N–H and O–H groups in total. The Morgan fingerprint density at radius 2 is 2.06 bits per heavy atom. The summed E-state index contributed by atoms with van der Waals surface area (Å²) in [5.74, 6) is 0. The number of benzene rings is 1. The van der Waals surface area contributed by atoms with Gasteiger partial charge in [0.2, 0.25) is 0 Å². The molecule has 0 spiro atoms. The Morgan fingerprint density at radius 3 is 2.69 bits per heavy atom. The van der Waals surface area contributed by atoms with Crippen LogP contribution in [0.15, 0.2) is 23.1 Å². The topological polar surface area (TPSA) is 81.1 Å².